The number of aliphatic hydroxyl groups excluding tert-OH is 1. The lowest BCUT2D eigenvalue weighted by molar-refractivity contribution is -0.0973. The van der Waals surface area contributed by atoms with Crippen molar-refractivity contribution in [2.45, 2.75) is 43.2 Å². The summed E-state index contributed by atoms with van der Waals surface area (Å²) in [7, 11) is 4.44. The highest BCUT2D eigenvalue weighted by molar-refractivity contribution is 14.1. The number of fused-ring (bicyclic) bond motifs is 2. The largest absolute Gasteiger partial charge is 0.496 e. The van der Waals surface area contributed by atoms with Crippen LogP contribution in [0, 0.1) is 0 Å². The number of ether oxygens (including phenoxy) is 5. The van der Waals surface area contributed by atoms with Crippen molar-refractivity contribution in [3.63, 3.8) is 0 Å². The van der Waals surface area contributed by atoms with Gasteiger partial charge in [-0.25, -0.2) is 0 Å². The molecular formula is C24H28IO7P. The third kappa shape index (κ3) is 4.52. The zero-order chi connectivity index (χ0) is 22.9. The molecule has 7 nitrogen and oxygen atoms in total. The monoisotopic (exact) mass is 586 g/mol. The Morgan fingerprint density at radius 2 is 1.94 bits per heavy atom. The fourth-order valence-corrected chi connectivity index (χ4v) is 6.22. The lowest BCUT2D eigenvalue weighted by Gasteiger charge is -2.39. The molecule has 0 radical (unpaired) electrons. The number of rotatable bonds is 6. The van der Waals surface area contributed by atoms with Crippen LogP contribution in [0.5, 0.6) is 23.0 Å². The second-order valence-electron chi connectivity index (χ2n) is 8.51. The second kappa shape index (κ2) is 10.1. The van der Waals surface area contributed by atoms with Crippen LogP contribution in [0.1, 0.15) is 34.8 Å². The van der Waals surface area contributed by atoms with Gasteiger partial charge in [-0.2, -0.15) is 0 Å². The van der Waals surface area contributed by atoms with Gasteiger partial charge in [-0.3, -0.25) is 0 Å². The first kappa shape index (κ1) is 23.4. The predicted molar refractivity (Wildman–Crippen MR) is 134 cm³/mol. The van der Waals surface area contributed by atoms with Gasteiger partial charge < -0.3 is 31.9 Å². The van der Waals surface area contributed by atoms with Gasteiger partial charge in [0.1, 0.15) is 47.7 Å². The van der Waals surface area contributed by atoms with Crippen LogP contribution < -0.4 is 18.9 Å². The topological polar surface area (TPSA) is 75.6 Å². The zero-order valence-electron chi connectivity index (χ0n) is 18.4. The molecule has 3 aliphatic rings. The van der Waals surface area contributed by atoms with E-state index in [-0.39, 0.29) is 30.6 Å². The van der Waals surface area contributed by atoms with Crippen LogP contribution in [0.3, 0.4) is 0 Å². The highest BCUT2D eigenvalue weighted by Gasteiger charge is 2.39. The molecule has 0 aliphatic carbocycles. The third-order valence-electron chi connectivity index (χ3n) is 6.52. The van der Waals surface area contributed by atoms with Crippen LogP contribution in [-0.2, 0) is 20.6 Å². The van der Waals surface area contributed by atoms with Crippen molar-refractivity contribution in [1.29, 1.82) is 0 Å². The number of hydrogen-bond acceptors (Lipinski definition) is 7. The zero-order valence-corrected chi connectivity index (χ0v) is 21.7. The summed E-state index contributed by atoms with van der Waals surface area (Å²) in [6.07, 6.45) is 1.51. The maximum atomic E-state index is 9.90. The molecule has 178 valence electrons. The van der Waals surface area contributed by atoms with Crippen molar-refractivity contribution < 1.29 is 31.9 Å². The lowest BCUT2D eigenvalue weighted by atomic mass is 9.90. The Bertz CT molecular complexity index is 1000. The molecule has 1 saturated heterocycles. The van der Waals surface area contributed by atoms with E-state index in [1.165, 1.54) is 0 Å². The molecule has 5 atom stereocenters. The summed E-state index contributed by atoms with van der Waals surface area (Å²) in [5.74, 6) is 3.26. The molecule has 3 heterocycles. The summed E-state index contributed by atoms with van der Waals surface area (Å²) in [4.78, 5) is 0. The summed E-state index contributed by atoms with van der Waals surface area (Å²) in [6.45, 7) is 1.69. The molecule has 0 amide bonds. The van der Waals surface area contributed by atoms with Crippen LogP contribution in [0.25, 0.3) is 0 Å². The summed E-state index contributed by atoms with van der Waals surface area (Å²) in [6, 6.07) is 8.20. The SMILES string of the molecule is COc1c([C@H]2C[C@@H](OI)[C@H](P)[C@@H](CO)O2)cc(Cc2ccc3c(c2)OCCO3)c2c1CCO2. The molecule has 1 unspecified atom stereocenters. The minimum Gasteiger partial charge on any atom is -0.496 e. The molecular weight excluding hydrogens is 558 g/mol. The van der Waals surface area contributed by atoms with E-state index in [1.54, 1.807) is 7.11 Å². The van der Waals surface area contributed by atoms with Gasteiger partial charge in [0.25, 0.3) is 0 Å². The molecule has 33 heavy (non-hydrogen) atoms. The van der Waals surface area contributed by atoms with Crippen LogP contribution >= 0.6 is 32.2 Å². The predicted octanol–water partition coefficient (Wildman–Crippen LogP) is 3.79. The Kier molecular flexibility index (Phi) is 7.18. The van der Waals surface area contributed by atoms with E-state index in [4.69, 9.17) is 26.8 Å². The van der Waals surface area contributed by atoms with Crippen molar-refractivity contribution >= 4 is 32.2 Å². The van der Waals surface area contributed by atoms with Crippen molar-refractivity contribution in [3.05, 3.63) is 46.5 Å². The first-order valence-corrected chi connectivity index (χ1v) is 12.7. The van der Waals surface area contributed by atoms with Gasteiger partial charge in [-0.15, -0.1) is 9.24 Å². The minimum absolute atomic E-state index is 0.0177. The number of methoxy groups -OCH3 is 1. The summed E-state index contributed by atoms with van der Waals surface area (Å²) in [5, 5.41) is 9.90. The number of hydrogen-bond donors (Lipinski definition) is 1. The van der Waals surface area contributed by atoms with Gasteiger partial charge in [-0.1, -0.05) is 6.07 Å². The van der Waals surface area contributed by atoms with E-state index >= 15 is 0 Å². The van der Waals surface area contributed by atoms with Crippen molar-refractivity contribution in [3.8, 4) is 23.0 Å². The molecule has 0 bridgehead atoms. The Labute approximate surface area is 209 Å². The number of aliphatic hydroxyl groups is 1. The number of halogens is 1. The van der Waals surface area contributed by atoms with Gasteiger partial charge >= 0.3 is 0 Å². The Balaban J connectivity index is 1.52. The molecule has 0 spiro atoms. The quantitative estimate of drug-likeness (QED) is 0.408. The summed E-state index contributed by atoms with van der Waals surface area (Å²) in [5.41, 5.74) is 4.27. The molecule has 5 rings (SSSR count). The van der Waals surface area contributed by atoms with E-state index < -0.39 is 0 Å². The summed E-state index contributed by atoms with van der Waals surface area (Å²) < 4.78 is 35.4. The average molecular weight is 586 g/mol. The highest BCUT2D eigenvalue weighted by atomic mass is 127. The van der Waals surface area contributed by atoms with Gasteiger partial charge in [0, 0.05) is 36.0 Å². The molecule has 0 saturated carbocycles. The highest BCUT2D eigenvalue weighted by Crippen LogP contribution is 2.47. The van der Waals surface area contributed by atoms with Crippen LogP contribution in [0.2, 0.25) is 0 Å². The van der Waals surface area contributed by atoms with E-state index in [2.05, 4.69) is 21.4 Å². The first-order chi connectivity index (χ1) is 16.1. The lowest BCUT2D eigenvalue weighted by Crippen LogP contribution is -2.44. The fourth-order valence-electron chi connectivity index (χ4n) is 4.91. The minimum atomic E-state index is -0.330. The smallest absolute Gasteiger partial charge is 0.161 e. The Hall–Kier alpha value is -1.32. The molecule has 2 aromatic rings. The molecule has 0 aromatic heterocycles. The average Bonchev–Trinajstić information content (AvgIpc) is 3.34. The van der Waals surface area contributed by atoms with Crippen LogP contribution in [0.4, 0.5) is 0 Å². The van der Waals surface area contributed by atoms with E-state index in [0.717, 1.165) is 51.7 Å². The van der Waals surface area contributed by atoms with Crippen LogP contribution in [0.15, 0.2) is 24.3 Å². The second-order valence-corrected chi connectivity index (χ2v) is 9.78. The van der Waals surface area contributed by atoms with Crippen molar-refractivity contribution in [1.82, 2.24) is 0 Å². The molecule has 2 aromatic carbocycles. The van der Waals surface area contributed by atoms with E-state index in [0.29, 0.717) is 32.7 Å². The standard InChI is InChI=1S/C24H28IO7P/c1-27-23-15-4-5-30-22(15)14(8-13-2-3-17-19(9-13)29-7-6-28-17)10-16(23)18-11-20(32-25)24(33)21(12-26)31-18/h2-3,9-10,18,20-21,24,26H,4-8,11-12,33H2,1H3/t18-,20-,21-,24+/m1/s1. The van der Waals surface area contributed by atoms with E-state index in [1.807, 2.05) is 35.1 Å². The maximum absolute atomic E-state index is 9.90. The van der Waals surface area contributed by atoms with Gasteiger partial charge in [0.05, 0.1) is 38.6 Å². The maximum Gasteiger partial charge on any atom is 0.161 e. The summed E-state index contributed by atoms with van der Waals surface area (Å²) >= 11 is 1.94. The number of benzene rings is 2. The van der Waals surface area contributed by atoms with Crippen molar-refractivity contribution in [2.24, 2.45) is 0 Å². The van der Waals surface area contributed by atoms with E-state index in [9.17, 15) is 5.11 Å². The van der Waals surface area contributed by atoms with Crippen LogP contribution in [-0.4, -0.2) is 56.5 Å². The third-order valence-corrected chi connectivity index (χ3v) is 8.03. The molecule has 3 aliphatic heterocycles. The molecule has 1 N–H and O–H groups in total. The van der Waals surface area contributed by atoms with Crippen molar-refractivity contribution in [2.75, 3.05) is 33.5 Å². The first-order valence-electron chi connectivity index (χ1n) is 11.2. The Morgan fingerprint density at radius 3 is 2.70 bits per heavy atom. The fraction of sp³-hybridized carbons (Fsp3) is 0.500. The van der Waals surface area contributed by atoms with Gasteiger partial charge in [0.15, 0.2) is 11.5 Å². The Morgan fingerprint density at radius 1 is 1.12 bits per heavy atom. The molecule has 1 fully saturated rings. The normalized spacial score (nSPS) is 25.9. The van der Waals surface area contributed by atoms with Gasteiger partial charge in [-0.05, 0) is 29.3 Å². The van der Waals surface area contributed by atoms with Gasteiger partial charge in [0.2, 0.25) is 0 Å². The molecule has 9 heteroatoms.